The van der Waals surface area contributed by atoms with Gasteiger partial charge in [-0.2, -0.15) is 11.8 Å². The maximum Gasteiger partial charge on any atom is 0.328 e. The number of thioether (sulfide) groups is 1. The third-order valence-corrected chi connectivity index (χ3v) is 10.9. The van der Waals surface area contributed by atoms with Crippen LogP contribution in [0.2, 0.25) is 0 Å². The van der Waals surface area contributed by atoms with Crippen molar-refractivity contribution < 1.29 is 63.3 Å². The first-order chi connectivity index (χ1) is 30.2. The van der Waals surface area contributed by atoms with Gasteiger partial charge >= 0.3 is 5.97 Å². The molecular weight excluding hydrogens is 863 g/mol. The van der Waals surface area contributed by atoms with Crippen LogP contribution in [0.4, 0.5) is 0 Å². The van der Waals surface area contributed by atoms with Crippen LogP contribution in [-0.2, 0) is 47.9 Å². The average molecular weight is 932 g/mol. The van der Waals surface area contributed by atoms with Crippen molar-refractivity contribution in [1.29, 1.82) is 0 Å². The first kappa shape index (κ1) is 56.9. The Hall–Kier alpha value is -5.11. The van der Waals surface area contributed by atoms with E-state index in [1.54, 1.807) is 20.1 Å². The largest absolute Gasteiger partial charge is 0.480 e. The Labute approximate surface area is 377 Å². The van der Waals surface area contributed by atoms with Gasteiger partial charge in [0.2, 0.25) is 53.2 Å². The highest BCUT2D eigenvalue weighted by Crippen LogP contribution is 2.12. The molecule has 1 aliphatic heterocycles. The first-order valence-electron chi connectivity index (χ1n) is 21.3. The molecule has 0 saturated carbocycles. The lowest BCUT2D eigenvalue weighted by Crippen LogP contribution is -2.61. The molecule has 24 nitrogen and oxygen atoms in total. The fraction of sp³-hybridized carbons (Fsp3) is 0.744. The van der Waals surface area contributed by atoms with E-state index in [2.05, 4.69) is 53.2 Å². The second-order valence-electron chi connectivity index (χ2n) is 15.5. The molecule has 1 rings (SSSR count). The molecule has 64 heavy (non-hydrogen) atoms. The molecule has 15 N–H and O–H groups in total. The number of carboxylic acid groups (broad SMARTS) is 1. The van der Waals surface area contributed by atoms with Crippen LogP contribution in [0.1, 0.15) is 79.6 Å². The Morgan fingerprint density at radius 3 is 1.73 bits per heavy atom. The molecule has 1 aliphatic rings. The number of aliphatic hydroxyl groups is 2. The Bertz CT molecular complexity index is 1600. The molecular formula is C39H69N11O13S. The highest BCUT2D eigenvalue weighted by Gasteiger charge is 2.35. The van der Waals surface area contributed by atoms with E-state index in [0.29, 0.717) is 38.0 Å². The van der Waals surface area contributed by atoms with Crippen LogP contribution in [0, 0.1) is 5.92 Å². The van der Waals surface area contributed by atoms with E-state index in [1.165, 1.54) is 32.5 Å². The van der Waals surface area contributed by atoms with Gasteiger partial charge in [0.25, 0.3) is 0 Å². The second-order valence-corrected chi connectivity index (χ2v) is 16.5. The van der Waals surface area contributed by atoms with Crippen LogP contribution in [0.25, 0.3) is 0 Å². The average Bonchev–Trinajstić information content (AvgIpc) is 3.81. The van der Waals surface area contributed by atoms with Gasteiger partial charge in [0.05, 0.1) is 25.8 Å². The molecule has 0 unspecified atom stereocenters. The third-order valence-electron chi connectivity index (χ3n) is 10.3. The van der Waals surface area contributed by atoms with Crippen LogP contribution >= 0.6 is 11.8 Å². The molecule has 0 aromatic heterocycles. The SMILES string of the molecule is CC[C@H](C)[C@H](NC(=O)[C@H](CO)NC(=O)[C@H](C)NC(=O)[C@H](C)NC(=O)CNC(=O)[C@H](C)NC(=O)[C@@H]1CCCN1)C(=O)N[C@@H](CCCCN)C(=O)N[C@@H](CCSC)C(=O)N[C@@H](CO)C(=O)O. The number of carbonyl (C=O) groups excluding carboxylic acids is 9. The summed E-state index contributed by atoms with van der Waals surface area (Å²) in [5, 5.41) is 53.6. The summed E-state index contributed by atoms with van der Waals surface area (Å²) >= 11 is 1.36. The van der Waals surface area contributed by atoms with Crippen LogP contribution < -0.4 is 58.9 Å². The smallest absolute Gasteiger partial charge is 0.328 e. The van der Waals surface area contributed by atoms with Gasteiger partial charge < -0.3 is 74.2 Å². The van der Waals surface area contributed by atoms with Gasteiger partial charge in [-0.25, -0.2) is 4.79 Å². The lowest BCUT2D eigenvalue weighted by Gasteiger charge is -2.29. The lowest BCUT2D eigenvalue weighted by atomic mass is 9.97. The second kappa shape index (κ2) is 30.1. The molecule has 9 amide bonds. The molecule has 0 spiro atoms. The predicted octanol–water partition coefficient (Wildman–Crippen LogP) is -5.21. The van der Waals surface area contributed by atoms with E-state index >= 15 is 0 Å². The summed E-state index contributed by atoms with van der Waals surface area (Å²) in [6, 6.07) is -10.8. The molecule has 0 aromatic rings. The summed E-state index contributed by atoms with van der Waals surface area (Å²) in [5.74, 6) is -8.48. The lowest BCUT2D eigenvalue weighted by molar-refractivity contribution is -0.143. The number of rotatable bonds is 30. The predicted molar refractivity (Wildman–Crippen MR) is 234 cm³/mol. The summed E-state index contributed by atoms with van der Waals surface area (Å²) in [7, 11) is 0. The van der Waals surface area contributed by atoms with E-state index in [1.807, 2.05) is 0 Å². The zero-order valence-electron chi connectivity index (χ0n) is 37.4. The zero-order chi connectivity index (χ0) is 48.5. The van der Waals surface area contributed by atoms with Gasteiger partial charge in [-0.1, -0.05) is 20.3 Å². The molecule has 1 saturated heterocycles. The molecule has 25 heteroatoms. The molecule has 0 radical (unpaired) electrons. The zero-order valence-corrected chi connectivity index (χ0v) is 38.2. The number of unbranched alkanes of at least 4 members (excludes halogenated alkanes) is 1. The molecule has 10 atom stereocenters. The van der Waals surface area contributed by atoms with Crippen LogP contribution in [0.5, 0.6) is 0 Å². The summed E-state index contributed by atoms with van der Waals surface area (Å²) < 4.78 is 0. The number of aliphatic carboxylic acids is 1. The van der Waals surface area contributed by atoms with Crippen molar-refractivity contribution in [3.8, 4) is 0 Å². The number of nitrogens with two attached hydrogens (primary N) is 1. The minimum Gasteiger partial charge on any atom is -0.480 e. The van der Waals surface area contributed by atoms with Crippen molar-refractivity contribution in [2.24, 2.45) is 11.7 Å². The van der Waals surface area contributed by atoms with Crippen LogP contribution in [0.15, 0.2) is 0 Å². The topological polar surface area (TPSA) is 378 Å². The van der Waals surface area contributed by atoms with E-state index in [9.17, 15) is 63.3 Å². The maximum atomic E-state index is 13.8. The maximum absolute atomic E-state index is 13.8. The van der Waals surface area contributed by atoms with Crippen molar-refractivity contribution in [3.63, 3.8) is 0 Å². The number of carboxylic acids is 1. The standard InChI is InChI=1S/C39H69N11O13S/c1-7-20(2)30(38(61)47-25(11-8-9-14-40)35(58)46-26(13-16-64-6)36(59)49-28(19-52)39(62)63)50-37(60)27(18-51)48-33(56)23(5)44-32(55)22(4)43-29(53)17-42-31(54)21(3)45-34(57)24-12-10-15-41-24/h20-28,30,41,51-52H,7-19,40H2,1-6H3,(H,42,54)(H,43,53)(H,44,55)(H,45,57)(H,46,58)(H,47,61)(H,48,56)(H,49,59)(H,50,60)(H,62,63)/t20-,21-,22-,23-,24-,25-,26-,27-,28-,30-/m0/s1. The monoisotopic (exact) mass is 931 g/mol. The summed E-state index contributed by atoms with van der Waals surface area (Å²) in [5.41, 5.74) is 5.64. The number of hydrogen-bond acceptors (Lipinski definition) is 15. The molecule has 0 aliphatic carbocycles. The molecule has 364 valence electrons. The Morgan fingerprint density at radius 2 is 1.19 bits per heavy atom. The van der Waals surface area contributed by atoms with Crippen molar-refractivity contribution in [2.45, 2.75) is 134 Å². The van der Waals surface area contributed by atoms with Gasteiger partial charge in [0.1, 0.15) is 48.3 Å². The van der Waals surface area contributed by atoms with Gasteiger partial charge in [-0.3, -0.25) is 43.2 Å². The van der Waals surface area contributed by atoms with Crippen LogP contribution in [-0.4, -0.2) is 174 Å². The summed E-state index contributed by atoms with van der Waals surface area (Å²) in [6.45, 7) is 6.08. The van der Waals surface area contributed by atoms with E-state index in [0.717, 1.165) is 6.42 Å². The van der Waals surface area contributed by atoms with Crippen molar-refractivity contribution in [1.82, 2.24) is 53.2 Å². The van der Waals surface area contributed by atoms with E-state index in [-0.39, 0.29) is 25.3 Å². The van der Waals surface area contributed by atoms with E-state index < -0.39 is 133 Å². The minimum atomic E-state index is -1.62. The van der Waals surface area contributed by atoms with Gasteiger partial charge in [0, 0.05) is 0 Å². The number of amides is 9. The van der Waals surface area contributed by atoms with Crippen molar-refractivity contribution in [2.75, 3.05) is 44.9 Å². The molecule has 0 aromatic carbocycles. The van der Waals surface area contributed by atoms with Crippen LogP contribution in [0.3, 0.4) is 0 Å². The van der Waals surface area contributed by atoms with Gasteiger partial charge in [-0.15, -0.1) is 0 Å². The number of hydrogen-bond donors (Lipinski definition) is 14. The normalized spacial score (nSPS) is 17.5. The number of aliphatic hydroxyl groups excluding tert-OH is 2. The third kappa shape index (κ3) is 20.2. The quantitative estimate of drug-likeness (QED) is 0.0299. The first-order valence-corrected chi connectivity index (χ1v) is 22.7. The molecule has 1 heterocycles. The number of nitrogens with one attached hydrogen (secondary N) is 10. The van der Waals surface area contributed by atoms with Crippen molar-refractivity contribution in [3.05, 3.63) is 0 Å². The highest BCUT2D eigenvalue weighted by atomic mass is 32.2. The molecule has 1 fully saturated rings. The fourth-order valence-corrected chi connectivity index (χ4v) is 6.55. The summed E-state index contributed by atoms with van der Waals surface area (Å²) in [6.07, 6.45) is 4.59. The Balaban J connectivity index is 2.93. The Kier molecular flexibility index (Phi) is 26.8. The summed E-state index contributed by atoms with van der Waals surface area (Å²) in [4.78, 5) is 128. The van der Waals surface area contributed by atoms with Crippen molar-refractivity contribution >= 4 is 70.9 Å². The van der Waals surface area contributed by atoms with Gasteiger partial charge in [0.15, 0.2) is 0 Å². The number of carbonyl (C=O) groups is 10. The Morgan fingerprint density at radius 1 is 0.656 bits per heavy atom. The van der Waals surface area contributed by atoms with E-state index in [4.69, 9.17) is 5.73 Å². The van der Waals surface area contributed by atoms with Gasteiger partial charge in [-0.05, 0) is 90.3 Å². The fourth-order valence-electron chi connectivity index (χ4n) is 6.07. The molecule has 0 bridgehead atoms. The highest BCUT2D eigenvalue weighted by molar-refractivity contribution is 7.98. The minimum absolute atomic E-state index is 0.0672.